The SMILES string of the molecule is CCNC(=NCCc1cccc(C(=O)N(C)C)c1)NC1CC1c1ccc(C(C)C)cc1.I. The molecular weight excluding hydrogens is 511 g/mol. The maximum atomic E-state index is 12.2. The van der Waals surface area contributed by atoms with Gasteiger partial charge in [-0.05, 0) is 54.5 Å². The Labute approximate surface area is 210 Å². The van der Waals surface area contributed by atoms with Crippen LogP contribution >= 0.6 is 24.0 Å². The van der Waals surface area contributed by atoms with Gasteiger partial charge in [-0.1, -0.05) is 50.2 Å². The number of nitrogens with one attached hydrogen (secondary N) is 2. The Hall–Kier alpha value is -2.09. The van der Waals surface area contributed by atoms with Gasteiger partial charge in [-0.2, -0.15) is 0 Å². The molecule has 2 aromatic rings. The highest BCUT2D eigenvalue weighted by molar-refractivity contribution is 14.0. The van der Waals surface area contributed by atoms with E-state index in [1.807, 2.05) is 18.2 Å². The van der Waals surface area contributed by atoms with Crippen molar-refractivity contribution in [3.63, 3.8) is 0 Å². The second kappa shape index (κ2) is 12.2. The molecule has 32 heavy (non-hydrogen) atoms. The molecule has 0 aliphatic heterocycles. The standard InChI is InChI=1S/C26H36N4O.HI/c1-6-27-26(28-15-14-19-8-7-9-22(16-19)25(31)30(4)5)29-24-17-23(24)21-12-10-20(11-13-21)18(2)3;/h7-13,16,18,23-24H,6,14-15,17H2,1-5H3,(H2,27,28,29);1H. The van der Waals surface area contributed by atoms with Crippen LogP contribution in [0.4, 0.5) is 0 Å². The monoisotopic (exact) mass is 548 g/mol. The number of guanidine groups is 1. The van der Waals surface area contributed by atoms with E-state index in [9.17, 15) is 4.79 Å². The summed E-state index contributed by atoms with van der Waals surface area (Å²) in [7, 11) is 3.55. The van der Waals surface area contributed by atoms with E-state index in [-0.39, 0.29) is 29.9 Å². The third kappa shape index (κ3) is 7.22. The minimum Gasteiger partial charge on any atom is -0.357 e. The molecular formula is C26H37IN4O. The molecule has 1 aliphatic rings. The van der Waals surface area contributed by atoms with Gasteiger partial charge in [0.1, 0.15) is 0 Å². The van der Waals surface area contributed by atoms with Crippen molar-refractivity contribution in [2.45, 2.75) is 51.5 Å². The lowest BCUT2D eigenvalue weighted by Gasteiger charge is -2.12. The largest absolute Gasteiger partial charge is 0.357 e. The van der Waals surface area contributed by atoms with Gasteiger partial charge in [-0.25, -0.2) is 0 Å². The second-order valence-electron chi connectivity index (χ2n) is 8.83. The van der Waals surface area contributed by atoms with Crippen LogP contribution in [0.1, 0.15) is 66.1 Å². The molecule has 1 saturated carbocycles. The smallest absolute Gasteiger partial charge is 0.253 e. The van der Waals surface area contributed by atoms with E-state index >= 15 is 0 Å². The van der Waals surface area contributed by atoms with E-state index in [1.54, 1.807) is 19.0 Å². The van der Waals surface area contributed by atoms with Gasteiger partial charge in [-0.3, -0.25) is 9.79 Å². The molecule has 0 spiro atoms. The average molecular weight is 549 g/mol. The van der Waals surface area contributed by atoms with Crippen molar-refractivity contribution < 1.29 is 4.79 Å². The van der Waals surface area contributed by atoms with Crippen molar-refractivity contribution in [1.82, 2.24) is 15.5 Å². The molecule has 0 saturated heterocycles. The first-order valence-corrected chi connectivity index (χ1v) is 11.3. The van der Waals surface area contributed by atoms with Crippen LogP contribution in [-0.4, -0.2) is 50.0 Å². The van der Waals surface area contributed by atoms with Gasteiger partial charge < -0.3 is 15.5 Å². The summed E-state index contributed by atoms with van der Waals surface area (Å²) in [4.78, 5) is 18.5. The summed E-state index contributed by atoms with van der Waals surface area (Å²) in [6, 6.07) is 17.3. The second-order valence-corrected chi connectivity index (χ2v) is 8.83. The van der Waals surface area contributed by atoms with E-state index in [0.717, 1.165) is 36.5 Å². The molecule has 1 amide bonds. The van der Waals surface area contributed by atoms with Gasteiger partial charge in [0.2, 0.25) is 0 Å². The van der Waals surface area contributed by atoms with E-state index < -0.39 is 0 Å². The van der Waals surface area contributed by atoms with Crippen LogP contribution in [0, 0.1) is 0 Å². The van der Waals surface area contributed by atoms with Crippen LogP contribution < -0.4 is 10.6 Å². The summed E-state index contributed by atoms with van der Waals surface area (Å²) in [5.41, 5.74) is 4.64. The number of halogens is 1. The molecule has 2 unspecified atom stereocenters. The van der Waals surface area contributed by atoms with Crippen molar-refractivity contribution in [2.24, 2.45) is 4.99 Å². The Morgan fingerprint density at radius 2 is 1.88 bits per heavy atom. The molecule has 2 atom stereocenters. The quantitative estimate of drug-likeness (QED) is 0.284. The molecule has 1 fully saturated rings. The number of amides is 1. The molecule has 6 heteroatoms. The first-order chi connectivity index (χ1) is 14.9. The van der Waals surface area contributed by atoms with Crippen LogP contribution in [0.25, 0.3) is 0 Å². The summed E-state index contributed by atoms with van der Waals surface area (Å²) in [5, 5.41) is 6.95. The van der Waals surface area contributed by atoms with Crippen LogP contribution in [-0.2, 0) is 6.42 Å². The van der Waals surface area contributed by atoms with Gasteiger partial charge in [0.25, 0.3) is 5.91 Å². The van der Waals surface area contributed by atoms with E-state index in [4.69, 9.17) is 4.99 Å². The summed E-state index contributed by atoms with van der Waals surface area (Å²) in [6.07, 6.45) is 1.94. The zero-order valence-electron chi connectivity index (χ0n) is 19.9. The van der Waals surface area contributed by atoms with Crippen molar-refractivity contribution in [2.75, 3.05) is 27.2 Å². The van der Waals surface area contributed by atoms with E-state index in [0.29, 0.717) is 24.4 Å². The van der Waals surface area contributed by atoms with Crippen LogP contribution in [0.15, 0.2) is 53.5 Å². The topological polar surface area (TPSA) is 56.7 Å². The van der Waals surface area contributed by atoms with Gasteiger partial charge in [0.15, 0.2) is 5.96 Å². The van der Waals surface area contributed by atoms with Crippen molar-refractivity contribution >= 4 is 35.8 Å². The van der Waals surface area contributed by atoms with Gasteiger partial charge in [0, 0.05) is 44.7 Å². The summed E-state index contributed by atoms with van der Waals surface area (Å²) >= 11 is 0. The zero-order valence-corrected chi connectivity index (χ0v) is 22.2. The van der Waals surface area contributed by atoms with Crippen molar-refractivity contribution in [3.8, 4) is 0 Å². The van der Waals surface area contributed by atoms with Crippen LogP contribution in [0.5, 0.6) is 0 Å². The fourth-order valence-electron chi connectivity index (χ4n) is 3.76. The normalized spacial score (nSPS) is 17.5. The Kier molecular flexibility index (Phi) is 10.0. The highest BCUT2D eigenvalue weighted by atomic mass is 127. The minimum absolute atomic E-state index is 0. The summed E-state index contributed by atoms with van der Waals surface area (Å²) < 4.78 is 0. The minimum atomic E-state index is 0. The number of nitrogens with zero attached hydrogens (tertiary/aromatic N) is 2. The molecule has 0 heterocycles. The summed E-state index contributed by atoms with van der Waals surface area (Å²) in [5.74, 6) is 2.02. The maximum Gasteiger partial charge on any atom is 0.253 e. The fraction of sp³-hybridized carbons (Fsp3) is 0.462. The molecule has 2 N–H and O–H groups in total. The number of carbonyl (C=O) groups is 1. The summed E-state index contributed by atoms with van der Waals surface area (Å²) in [6.45, 7) is 8.05. The fourth-order valence-corrected chi connectivity index (χ4v) is 3.76. The maximum absolute atomic E-state index is 12.2. The first kappa shape index (κ1) is 26.2. The Bertz CT molecular complexity index is 908. The number of aliphatic imine (C=N–C) groups is 1. The molecule has 0 bridgehead atoms. The molecule has 174 valence electrons. The number of hydrogen-bond acceptors (Lipinski definition) is 2. The predicted octanol–water partition coefficient (Wildman–Crippen LogP) is 4.78. The molecule has 3 rings (SSSR count). The van der Waals surface area contributed by atoms with E-state index in [2.05, 4.69) is 61.7 Å². The van der Waals surface area contributed by atoms with Gasteiger partial charge in [-0.15, -0.1) is 24.0 Å². The van der Waals surface area contributed by atoms with Crippen LogP contribution in [0.2, 0.25) is 0 Å². The third-order valence-electron chi connectivity index (χ3n) is 5.74. The first-order valence-electron chi connectivity index (χ1n) is 11.3. The third-order valence-corrected chi connectivity index (χ3v) is 5.74. The zero-order chi connectivity index (χ0) is 22.4. The number of benzene rings is 2. The van der Waals surface area contributed by atoms with Crippen molar-refractivity contribution in [1.29, 1.82) is 0 Å². The molecule has 1 aliphatic carbocycles. The Balaban J connectivity index is 0.00000363. The number of rotatable bonds is 8. The molecule has 0 radical (unpaired) electrons. The van der Waals surface area contributed by atoms with Crippen molar-refractivity contribution in [3.05, 3.63) is 70.8 Å². The highest BCUT2D eigenvalue weighted by Gasteiger charge is 2.38. The lowest BCUT2D eigenvalue weighted by atomic mass is 10.0. The van der Waals surface area contributed by atoms with Gasteiger partial charge >= 0.3 is 0 Å². The lowest BCUT2D eigenvalue weighted by Crippen LogP contribution is -2.39. The van der Waals surface area contributed by atoms with Gasteiger partial charge in [0.05, 0.1) is 0 Å². The Morgan fingerprint density at radius 1 is 1.16 bits per heavy atom. The van der Waals surface area contributed by atoms with E-state index in [1.165, 1.54) is 11.1 Å². The molecule has 5 nitrogen and oxygen atoms in total. The number of hydrogen-bond donors (Lipinski definition) is 2. The van der Waals surface area contributed by atoms with Crippen LogP contribution in [0.3, 0.4) is 0 Å². The highest BCUT2D eigenvalue weighted by Crippen LogP contribution is 2.41. The average Bonchev–Trinajstić information content (AvgIpc) is 3.52. The molecule has 0 aromatic heterocycles. The number of carbonyl (C=O) groups excluding carboxylic acids is 1. The lowest BCUT2D eigenvalue weighted by molar-refractivity contribution is 0.0827. The Morgan fingerprint density at radius 3 is 2.50 bits per heavy atom. The molecule has 2 aromatic carbocycles. The predicted molar refractivity (Wildman–Crippen MR) is 144 cm³/mol.